The highest BCUT2D eigenvalue weighted by Gasteiger charge is 2.32. The zero-order chi connectivity index (χ0) is 16.7. The monoisotopic (exact) mass is 336 g/mol. The first-order chi connectivity index (χ1) is 11.1. The fraction of sp³-hybridized carbons (Fsp3) is 0.722. The van der Waals surface area contributed by atoms with E-state index in [0.29, 0.717) is 12.0 Å². The number of aliphatic imine (C=N–C) groups is 1. The third-order valence-electron chi connectivity index (χ3n) is 4.34. The lowest BCUT2D eigenvalue weighted by Gasteiger charge is -2.25. The second-order valence-corrected chi connectivity index (χ2v) is 7.89. The maximum absolute atomic E-state index is 4.79. The number of hydrogen-bond acceptors (Lipinski definition) is 3. The van der Waals surface area contributed by atoms with Crippen molar-refractivity contribution < 1.29 is 0 Å². The van der Waals surface area contributed by atoms with Gasteiger partial charge < -0.3 is 15.5 Å². The number of nitrogens with one attached hydrogen (secondary N) is 2. The Hall–Kier alpha value is -1.07. The summed E-state index contributed by atoms with van der Waals surface area (Å²) < 4.78 is 0. The van der Waals surface area contributed by atoms with Crippen molar-refractivity contribution in [3.8, 4) is 0 Å². The van der Waals surface area contributed by atoms with Gasteiger partial charge in [0.15, 0.2) is 5.96 Å². The van der Waals surface area contributed by atoms with Gasteiger partial charge in [-0.1, -0.05) is 13.0 Å². The van der Waals surface area contributed by atoms with E-state index in [9.17, 15) is 0 Å². The van der Waals surface area contributed by atoms with Crippen LogP contribution >= 0.6 is 11.3 Å². The molecule has 0 spiro atoms. The maximum atomic E-state index is 4.79. The van der Waals surface area contributed by atoms with Crippen molar-refractivity contribution in [2.75, 3.05) is 33.7 Å². The van der Waals surface area contributed by atoms with Gasteiger partial charge in [-0.05, 0) is 63.6 Å². The molecular weight excluding hydrogens is 304 g/mol. The molecule has 2 atom stereocenters. The van der Waals surface area contributed by atoms with Gasteiger partial charge in [-0.15, -0.1) is 11.3 Å². The van der Waals surface area contributed by atoms with Gasteiger partial charge in [-0.3, -0.25) is 4.99 Å². The molecule has 2 N–H and O–H groups in total. The Labute approximate surface area is 145 Å². The molecule has 1 aromatic heterocycles. The lowest BCUT2D eigenvalue weighted by atomic mass is 10.1. The highest BCUT2D eigenvalue weighted by molar-refractivity contribution is 7.09. The quantitative estimate of drug-likeness (QED) is 0.538. The average molecular weight is 337 g/mol. The van der Waals surface area contributed by atoms with Gasteiger partial charge in [0.05, 0.1) is 0 Å². The van der Waals surface area contributed by atoms with Gasteiger partial charge >= 0.3 is 0 Å². The standard InChI is InChI=1S/C18H32N4S/c1-5-19-18(21-13-17(22(3)4)15-8-9-15)20-12-14(2)11-16-7-6-10-23-16/h6-7,10,14-15,17H,5,8-9,11-13H2,1-4H3,(H2,19,20,21). The molecule has 0 aromatic carbocycles. The van der Waals surface area contributed by atoms with Crippen molar-refractivity contribution in [2.45, 2.75) is 39.2 Å². The summed E-state index contributed by atoms with van der Waals surface area (Å²) in [5, 5.41) is 9.06. The maximum Gasteiger partial charge on any atom is 0.191 e. The molecule has 0 bridgehead atoms. The lowest BCUT2D eigenvalue weighted by molar-refractivity contribution is 0.264. The Kier molecular flexibility index (Phi) is 7.37. The fourth-order valence-electron chi connectivity index (χ4n) is 2.88. The molecule has 2 rings (SSSR count). The zero-order valence-corrected chi connectivity index (χ0v) is 15.8. The average Bonchev–Trinajstić information content (AvgIpc) is 3.21. The van der Waals surface area contributed by atoms with E-state index in [2.05, 4.69) is 61.0 Å². The van der Waals surface area contributed by atoms with Crippen molar-refractivity contribution in [1.82, 2.24) is 15.5 Å². The molecule has 130 valence electrons. The fourth-order valence-corrected chi connectivity index (χ4v) is 3.75. The van der Waals surface area contributed by atoms with Gasteiger partial charge in [0.25, 0.3) is 0 Å². The molecule has 1 aromatic rings. The Balaban J connectivity index is 1.81. The van der Waals surface area contributed by atoms with Crippen molar-refractivity contribution in [3.63, 3.8) is 0 Å². The topological polar surface area (TPSA) is 39.7 Å². The molecule has 0 saturated heterocycles. The van der Waals surface area contributed by atoms with E-state index in [-0.39, 0.29) is 0 Å². The number of guanidine groups is 1. The Bertz CT molecular complexity index is 463. The second-order valence-electron chi connectivity index (χ2n) is 6.86. The summed E-state index contributed by atoms with van der Waals surface area (Å²) in [7, 11) is 4.36. The molecule has 1 fully saturated rings. The van der Waals surface area contributed by atoms with E-state index in [4.69, 9.17) is 4.99 Å². The largest absolute Gasteiger partial charge is 0.357 e. The van der Waals surface area contributed by atoms with Crippen molar-refractivity contribution >= 4 is 17.3 Å². The molecule has 2 unspecified atom stereocenters. The summed E-state index contributed by atoms with van der Waals surface area (Å²) in [6.45, 7) is 7.14. The predicted molar refractivity (Wildman–Crippen MR) is 101 cm³/mol. The van der Waals surface area contributed by atoms with Crippen LogP contribution in [0, 0.1) is 11.8 Å². The first-order valence-electron chi connectivity index (χ1n) is 8.81. The minimum Gasteiger partial charge on any atom is -0.357 e. The van der Waals surface area contributed by atoms with E-state index in [1.807, 2.05) is 11.3 Å². The zero-order valence-electron chi connectivity index (χ0n) is 15.0. The van der Waals surface area contributed by atoms with E-state index in [1.54, 1.807) is 0 Å². The number of likely N-dealkylation sites (N-methyl/N-ethyl adjacent to an activating group) is 1. The molecule has 1 aliphatic rings. The summed E-state index contributed by atoms with van der Waals surface area (Å²) in [6, 6.07) is 4.95. The molecule has 4 nitrogen and oxygen atoms in total. The number of thiophene rings is 1. The first-order valence-corrected chi connectivity index (χ1v) is 9.69. The Morgan fingerprint density at radius 3 is 2.74 bits per heavy atom. The normalized spacial score (nSPS) is 18.0. The van der Waals surface area contributed by atoms with Gasteiger partial charge in [0.2, 0.25) is 0 Å². The predicted octanol–water partition coefficient (Wildman–Crippen LogP) is 2.82. The third-order valence-corrected chi connectivity index (χ3v) is 5.24. The highest BCUT2D eigenvalue weighted by Crippen LogP contribution is 2.34. The summed E-state index contributed by atoms with van der Waals surface area (Å²) in [6.07, 6.45) is 3.86. The van der Waals surface area contributed by atoms with Crippen LogP contribution in [0.1, 0.15) is 31.6 Å². The van der Waals surface area contributed by atoms with Gasteiger partial charge in [-0.25, -0.2) is 0 Å². The molecule has 1 heterocycles. The van der Waals surface area contributed by atoms with E-state index < -0.39 is 0 Å². The lowest BCUT2D eigenvalue weighted by Crippen LogP contribution is -2.46. The molecule has 1 aliphatic carbocycles. The smallest absolute Gasteiger partial charge is 0.191 e. The number of rotatable bonds is 9. The molecular formula is C18H32N4S. The van der Waals surface area contributed by atoms with Crippen molar-refractivity contribution in [1.29, 1.82) is 0 Å². The summed E-state index contributed by atoms with van der Waals surface area (Å²) in [5.74, 6) is 2.38. The van der Waals surface area contributed by atoms with Crippen LogP contribution in [-0.2, 0) is 6.42 Å². The van der Waals surface area contributed by atoms with Crippen LogP contribution in [0.15, 0.2) is 22.5 Å². The van der Waals surface area contributed by atoms with Gasteiger partial charge in [0.1, 0.15) is 0 Å². The minimum absolute atomic E-state index is 0.567. The van der Waals surface area contributed by atoms with Crippen molar-refractivity contribution in [2.24, 2.45) is 16.8 Å². The van der Waals surface area contributed by atoms with Crippen LogP contribution in [0.25, 0.3) is 0 Å². The first kappa shape index (κ1) is 18.3. The second kappa shape index (κ2) is 9.28. The van der Waals surface area contributed by atoms with Crippen LogP contribution in [0.5, 0.6) is 0 Å². The van der Waals surface area contributed by atoms with E-state index >= 15 is 0 Å². The van der Waals surface area contributed by atoms with Gasteiger partial charge in [0, 0.05) is 30.6 Å². The molecule has 1 saturated carbocycles. The van der Waals surface area contributed by atoms with Crippen molar-refractivity contribution in [3.05, 3.63) is 22.4 Å². The van der Waals surface area contributed by atoms with E-state index in [1.165, 1.54) is 17.7 Å². The van der Waals surface area contributed by atoms with Crippen LogP contribution in [0.4, 0.5) is 0 Å². The highest BCUT2D eigenvalue weighted by atomic mass is 32.1. The van der Waals surface area contributed by atoms with E-state index in [0.717, 1.165) is 37.9 Å². The Morgan fingerprint density at radius 2 is 2.17 bits per heavy atom. The van der Waals surface area contributed by atoms with Crippen LogP contribution in [0.2, 0.25) is 0 Å². The number of nitrogens with zero attached hydrogens (tertiary/aromatic N) is 2. The molecule has 0 amide bonds. The molecule has 5 heteroatoms. The summed E-state index contributed by atoms with van der Waals surface area (Å²) in [4.78, 5) is 8.58. The summed E-state index contributed by atoms with van der Waals surface area (Å²) >= 11 is 1.84. The van der Waals surface area contributed by atoms with Gasteiger partial charge in [-0.2, -0.15) is 0 Å². The molecule has 23 heavy (non-hydrogen) atoms. The minimum atomic E-state index is 0.567. The van der Waals surface area contributed by atoms with Crippen LogP contribution < -0.4 is 10.6 Å². The number of hydrogen-bond donors (Lipinski definition) is 2. The molecule has 0 radical (unpaired) electrons. The third kappa shape index (κ3) is 6.51. The van der Waals surface area contributed by atoms with Crippen LogP contribution in [0.3, 0.4) is 0 Å². The SMILES string of the molecule is CCNC(=NCC(C)Cc1cccs1)NCC(C1CC1)N(C)C. The Morgan fingerprint density at radius 1 is 1.39 bits per heavy atom. The summed E-state index contributed by atoms with van der Waals surface area (Å²) in [5.41, 5.74) is 0. The molecule has 0 aliphatic heterocycles. The van der Waals surface area contributed by atoms with Crippen LogP contribution in [-0.4, -0.2) is 50.6 Å².